The molecule has 0 bridgehead atoms. The van der Waals surface area contributed by atoms with Crippen molar-refractivity contribution < 1.29 is 33.6 Å². The number of hydrogen-bond donors (Lipinski definition) is 1. The van der Waals surface area contributed by atoms with Gasteiger partial charge >= 0.3 is 5.97 Å². The first-order chi connectivity index (χ1) is 18.1. The van der Waals surface area contributed by atoms with Gasteiger partial charge in [-0.25, -0.2) is 0 Å². The third-order valence-corrected chi connectivity index (χ3v) is 6.17. The number of carbonyl (C=O) groups is 1. The van der Waals surface area contributed by atoms with E-state index in [1.54, 1.807) is 0 Å². The van der Waals surface area contributed by atoms with Crippen molar-refractivity contribution in [2.75, 3.05) is 12.5 Å². The first kappa shape index (κ1) is 27.3. The largest absolute Gasteiger partial charge is 0.453 e. The van der Waals surface area contributed by atoms with Gasteiger partial charge in [-0.1, -0.05) is 91.0 Å². The van der Waals surface area contributed by atoms with E-state index in [0.717, 1.165) is 16.7 Å². The lowest BCUT2D eigenvalue weighted by Gasteiger charge is -2.44. The number of benzene rings is 3. The summed E-state index contributed by atoms with van der Waals surface area (Å²) in [5.74, 6) is -1.06. The predicted octanol–water partition coefficient (Wildman–Crippen LogP) is 4.24. The minimum atomic E-state index is -1.45. The van der Waals surface area contributed by atoms with E-state index in [9.17, 15) is 9.90 Å². The standard InChI is InChI=1S/C29H31ClO7/c30-16-25(31)37-28-27(35-19-23-14-8-3-9-15-23)26(34-18-22-12-6-2-7-13-22)24(36-29(28)32)20-33-17-21-10-4-1-5-11-21/h1-15,24,26-29,32H,16-20H2/t24-,26+,27+,28-,29+/m1/s1. The van der Waals surface area contributed by atoms with Gasteiger partial charge in [-0.3, -0.25) is 4.79 Å². The fourth-order valence-corrected chi connectivity index (χ4v) is 4.19. The van der Waals surface area contributed by atoms with Crippen LogP contribution in [-0.4, -0.2) is 54.3 Å². The Morgan fingerprint density at radius 3 is 1.73 bits per heavy atom. The van der Waals surface area contributed by atoms with Gasteiger partial charge in [-0.05, 0) is 16.7 Å². The van der Waals surface area contributed by atoms with Crippen molar-refractivity contribution in [2.24, 2.45) is 0 Å². The molecule has 7 nitrogen and oxygen atoms in total. The molecule has 1 saturated heterocycles. The molecule has 37 heavy (non-hydrogen) atoms. The highest BCUT2D eigenvalue weighted by molar-refractivity contribution is 6.26. The molecular weight excluding hydrogens is 496 g/mol. The molecule has 0 amide bonds. The lowest BCUT2D eigenvalue weighted by molar-refractivity contribution is -0.309. The van der Waals surface area contributed by atoms with Gasteiger partial charge in [0.25, 0.3) is 0 Å². The molecule has 1 aliphatic rings. The van der Waals surface area contributed by atoms with Crippen LogP contribution in [0.3, 0.4) is 0 Å². The predicted molar refractivity (Wildman–Crippen MR) is 138 cm³/mol. The molecule has 4 rings (SSSR count). The van der Waals surface area contributed by atoms with Crippen LogP contribution >= 0.6 is 11.6 Å². The van der Waals surface area contributed by atoms with Crippen LogP contribution in [0.5, 0.6) is 0 Å². The van der Waals surface area contributed by atoms with Crippen LogP contribution in [0.25, 0.3) is 0 Å². The van der Waals surface area contributed by atoms with E-state index >= 15 is 0 Å². The summed E-state index contributed by atoms with van der Waals surface area (Å²) in [6, 6.07) is 29.0. The van der Waals surface area contributed by atoms with E-state index < -0.39 is 36.7 Å². The summed E-state index contributed by atoms with van der Waals surface area (Å²) in [6.07, 6.45) is -4.83. The van der Waals surface area contributed by atoms with Crippen LogP contribution in [0.1, 0.15) is 16.7 Å². The SMILES string of the molecule is O=C(CCl)O[C@@H]1[C@@H](OCc2ccccc2)[C@@H](OCc2ccccc2)[C@@H](COCc2ccccc2)O[C@@H]1O. The molecule has 0 radical (unpaired) electrons. The summed E-state index contributed by atoms with van der Waals surface area (Å²) in [5.41, 5.74) is 2.88. The highest BCUT2D eigenvalue weighted by Crippen LogP contribution is 2.29. The molecule has 1 fully saturated rings. The van der Waals surface area contributed by atoms with Crippen molar-refractivity contribution in [1.82, 2.24) is 0 Å². The summed E-state index contributed by atoms with van der Waals surface area (Å²) >= 11 is 5.68. The molecule has 1 N–H and O–H groups in total. The van der Waals surface area contributed by atoms with Crippen LogP contribution < -0.4 is 0 Å². The Balaban J connectivity index is 1.54. The number of esters is 1. The third-order valence-electron chi connectivity index (χ3n) is 5.95. The van der Waals surface area contributed by atoms with E-state index in [0.29, 0.717) is 6.61 Å². The molecule has 1 heterocycles. The summed E-state index contributed by atoms with van der Waals surface area (Å²) in [7, 11) is 0. The smallest absolute Gasteiger partial charge is 0.321 e. The first-order valence-electron chi connectivity index (χ1n) is 12.2. The molecule has 0 aliphatic carbocycles. The van der Waals surface area contributed by atoms with Crippen molar-refractivity contribution in [2.45, 2.75) is 50.5 Å². The lowest BCUT2D eigenvalue weighted by atomic mass is 9.98. The summed E-state index contributed by atoms with van der Waals surface area (Å²) in [6.45, 7) is 0.979. The lowest BCUT2D eigenvalue weighted by Crippen LogP contribution is -2.61. The van der Waals surface area contributed by atoms with E-state index in [4.69, 9.17) is 35.3 Å². The molecule has 0 saturated carbocycles. The quantitative estimate of drug-likeness (QED) is 0.279. The van der Waals surface area contributed by atoms with Gasteiger partial charge in [-0.2, -0.15) is 0 Å². The maximum absolute atomic E-state index is 12.1. The number of aliphatic hydroxyl groups is 1. The third kappa shape index (κ3) is 8.10. The molecule has 3 aromatic carbocycles. The van der Waals surface area contributed by atoms with E-state index in [-0.39, 0.29) is 25.7 Å². The zero-order chi connectivity index (χ0) is 25.9. The Morgan fingerprint density at radius 2 is 1.22 bits per heavy atom. The van der Waals surface area contributed by atoms with Crippen molar-refractivity contribution >= 4 is 17.6 Å². The number of rotatable bonds is 12. The summed E-state index contributed by atoms with van der Waals surface area (Å²) in [5, 5.41) is 10.8. The van der Waals surface area contributed by atoms with E-state index in [2.05, 4.69) is 0 Å². The number of ether oxygens (including phenoxy) is 5. The average Bonchev–Trinajstić information content (AvgIpc) is 2.94. The molecule has 0 aromatic heterocycles. The Labute approximate surface area is 221 Å². The highest BCUT2D eigenvalue weighted by atomic mass is 35.5. The van der Waals surface area contributed by atoms with Gasteiger partial charge in [0, 0.05) is 0 Å². The topological polar surface area (TPSA) is 83.5 Å². The Bertz CT molecular complexity index is 1070. The number of carbonyl (C=O) groups excluding carboxylic acids is 1. The molecular formula is C29H31ClO7. The molecule has 3 aromatic rings. The molecule has 5 atom stereocenters. The number of hydrogen-bond acceptors (Lipinski definition) is 7. The van der Waals surface area contributed by atoms with Crippen LogP contribution in [-0.2, 0) is 48.3 Å². The van der Waals surface area contributed by atoms with E-state index in [1.807, 2.05) is 91.0 Å². The molecule has 1 aliphatic heterocycles. The van der Waals surface area contributed by atoms with Gasteiger partial charge in [0.15, 0.2) is 12.4 Å². The average molecular weight is 527 g/mol. The van der Waals surface area contributed by atoms with Crippen LogP contribution in [0.4, 0.5) is 0 Å². The van der Waals surface area contributed by atoms with E-state index in [1.165, 1.54) is 0 Å². The van der Waals surface area contributed by atoms with Crippen LogP contribution in [0.2, 0.25) is 0 Å². The highest BCUT2D eigenvalue weighted by Gasteiger charge is 2.49. The minimum absolute atomic E-state index is 0.132. The molecule has 196 valence electrons. The molecule has 0 spiro atoms. The van der Waals surface area contributed by atoms with Gasteiger partial charge in [0.1, 0.15) is 24.2 Å². The van der Waals surface area contributed by atoms with Crippen molar-refractivity contribution in [3.63, 3.8) is 0 Å². The van der Waals surface area contributed by atoms with Crippen molar-refractivity contribution in [3.05, 3.63) is 108 Å². The van der Waals surface area contributed by atoms with Gasteiger partial charge in [0.2, 0.25) is 0 Å². The maximum Gasteiger partial charge on any atom is 0.321 e. The number of alkyl halides is 1. The fraction of sp³-hybridized carbons (Fsp3) is 0.345. The van der Waals surface area contributed by atoms with Gasteiger partial charge in [-0.15, -0.1) is 11.6 Å². The fourth-order valence-electron chi connectivity index (χ4n) is 4.13. The zero-order valence-corrected chi connectivity index (χ0v) is 21.1. The Kier molecular flexibility index (Phi) is 10.5. The number of halogens is 1. The summed E-state index contributed by atoms with van der Waals surface area (Å²) < 4.78 is 29.8. The monoisotopic (exact) mass is 526 g/mol. The van der Waals surface area contributed by atoms with Crippen LogP contribution in [0, 0.1) is 0 Å². The minimum Gasteiger partial charge on any atom is -0.453 e. The second-order valence-corrected chi connectivity index (χ2v) is 8.94. The normalized spacial score (nSPS) is 23.5. The summed E-state index contributed by atoms with van der Waals surface area (Å²) in [4.78, 5) is 12.1. The van der Waals surface area contributed by atoms with Crippen LogP contribution in [0.15, 0.2) is 91.0 Å². The molecule has 0 unspecified atom stereocenters. The van der Waals surface area contributed by atoms with Gasteiger partial charge < -0.3 is 28.8 Å². The van der Waals surface area contributed by atoms with Gasteiger partial charge in [0.05, 0.1) is 26.4 Å². The van der Waals surface area contributed by atoms with Crippen molar-refractivity contribution in [1.29, 1.82) is 0 Å². The second kappa shape index (κ2) is 14.2. The second-order valence-electron chi connectivity index (χ2n) is 8.68. The molecule has 8 heteroatoms. The van der Waals surface area contributed by atoms with Crippen molar-refractivity contribution in [3.8, 4) is 0 Å². The maximum atomic E-state index is 12.1. The Morgan fingerprint density at radius 1 is 0.730 bits per heavy atom. The first-order valence-corrected chi connectivity index (χ1v) is 12.7. The zero-order valence-electron chi connectivity index (χ0n) is 20.4. The Hall–Kier alpha value is -2.78. The number of aliphatic hydroxyl groups excluding tert-OH is 1.